The van der Waals surface area contributed by atoms with Gasteiger partial charge in [0.2, 0.25) is 0 Å². The van der Waals surface area contributed by atoms with Crippen LogP contribution in [0.1, 0.15) is 0 Å². The number of hydrogen-bond donors (Lipinski definition) is 0. The Morgan fingerprint density at radius 1 is 1.23 bits per heavy atom. The van der Waals surface area contributed by atoms with E-state index in [9.17, 15) is 19.3 Å². The third-order valence-electron chi connectivity index (χ3n) is 3.49. The van der Waals surface area contributed by atoms with Crippen LogP contribution in [-0.2, 0) is 0 Å². The van der Waals surface area contributed by atoms with E-state index >= 15 is 0 Å². The van der Waals surface area contributed by atoms with Crippen molar-refractivity contribution in [2.45, 2.75) is 0 Å². The lowest BCUT2D eigenvalue weighted by Gasteiger charge is -2.04. The summed E-state index contributed by atoms with van der Waals surface area (Å²) in [6, 6.07) is 9.30. The van der Waals surface area contributed by atoms with E-state index in [1.807, 2.05) is 0 Å². The number of nitro groups is 1. The minimum atomic E-state index is -0.744. The minimum Gasteiger partial charge on any atom is -0.494 e. The predicted molar refractivity (Wildman–Crippen MR) is 88.7 cm³/mol. The van der Waals surface area contributed by atoms with Gasteiger partial charge in [-0.3, -0.25) is 10.1 Å². The topological polar surface area (TPSA) is 96.5 Å². The number of non-ortho nitro benzene ring substituents is 1. The number of aromatic nitrogens is 2. The first-order chi connectivity index (χ1) is 12.5. The number of hydrogen-bond acceptors (Lipinski definition) is 6. The van der Waals surface area contributed by atoms with Crippen molar-refractivity contribution >= 4 is 11.8 Å². The average Bonchev–Trinajstić information content (AvgIpc) is 3.13. The summed E-state index contributed by atoms with van der Waals surface area (Å²) < 4.78 is 24.6. The molecule has 3 rings (SSSR count). The quantitative estimate of drug-likeness (QED) is 0.522. The first-order valence-electron chi connectivity index (χ1n) is 7.32. The van der Waals surface area contributed by atoms with Crippen LogP contribution < -0.4 is 9.47 Å². The molecule has 0 saturated carbocycles. The number of nitrogens with zero attached hydrogens (tertiary/aromatic N) is 3. The molecule has 3 aromatic rings. The molecule has 0 spiro atoms. The maximum Gasteiger partial charge on any atom is 0.424 e. The summed E-state index contributed by atoms with van der Waals surface area (Å²) in [6.45, 7) is 0. The van der Waals surface area contributed by atoms with Crippen LogP contribution in [-0.4, -0.2) is 27.7 Å². The molecular formula is C17H12FN3O5. The highest BCUT2D eigenvalue weighted by Crippen LogP contribution is 2.25. The number of rotatable bonds is 4. The van der Waals surface area contributed by atoms with Crippen LogP contribution in [0.3, 0.4) is 0 Å². The molecule has 8 nitrogen and oxygen atoms in total. The van der Waals surface area contributed by atoms with Gasteiger partial charge in [-0.2, -0.15) is 0 Å². The van der Waals surface area contributed by atoms with Crippen molar-refractivity contribution in [1.82, 2.24) is 9.55 Å². The number of carbonyl (C=O) groups is 1. The Kier molecular flexibility index (Phi) is 4.61. The van der Waals surface area contributed by atoms with Gasteiger partial charge in [0.05, 0.1) is 17.7 Å². The van der Waals surface area contributed by atoms with E-state index in [4.69, 9.17) is 9.47 Å². The van der Waals surface area contributed by atoms with Crippen LogP contribution in [0.25, 0.3) is 11.3 Å². The zero-order chi connectivity index (χ0) is 18.7. The number of halogens is 1. The molecule has 0 fully saturated rings. The van der Waals surface area contributed by atoms with Crippen LogP contribution in [0.4, 0.5) is 14.9 Å². The molecule has 26 heavy (non-hydrogen) atoms. The van der Waals surface area contributed by atoms with Gasteiger partial charge in [0.1, 0.15) is 12.1 Å². The van der Waals surface area contributed by atoms with E-state index < -0.39 is 16.8 Å². The highest BCUT2D eigenvalue weighted by atomic mass is 19.1. The second-order valence-electron chi connectivity index (χ2n) is 5.13. The molecule has 0 radical (unpaired) electrons. The standard InChI is InChI=1S/C17H12FN3O5/c1-25-16-8-11(2-7-14(16)18)15-9-20(10-19-15)17(22)26-13-5-3-12(4-6-13)21(23)24/h2-10H,1H3. The molecule has 0 bridgehead atoms. The molecule has 0 saturated heterocycles. The lowest BCUT2D eigenvalue weighted by atomic mass is 10.1. The third kappa shape index (κ3) is 3.51. The lowest BCUT2D eigenvalue weighted by molar-refractivity contribution is -0.384. The Hall–Kier alpha value is -3.75. The first kappa shape index (κ1) is 17.1. The fourth-order valence-corrected chi connectivity index (χ4v) is 2.18. The molecule has 1 heterocycles. The molecule has 9 heteroatoms. The van der Waals surface area contributed by atoms with Gasteiger partial charge in [0.25, 0.3) is 5.69 Å². The molecule has 0 unspecified atom stereocenters. The van der Waals surface area contributed by atoms with Crippen LogP contribution in [0.2, 0.25) is 0 Å². The van der Waals surface area contributed by atoms with Gasteiger partial charge in [-0.25, -0.2) is 18.7 Å². The number of carbonyl (C=O) groups excluding carboxylic acids is 1. The van der Waals surface area contributed by atoms with Crippen molar-refractivity contribution in [3.05, 3.63) is 70.9 Å². The molecule has 0 aliphatic carbocycles. The Bertz CT molecular complexity index is 969. The van der Waals surface area contributed by atoms with Crippen molar-refractivity contribution in [3.8, 4) is 22.8 Å². The fourth-order valence-electron chi connectivity index (χ4n) is 2.18. The molecule has 2 aromatic carbocycles. The first-order valence-corrected chi connectivity index (χ1v) is 7.32. The maximum atomic E-state index is 13.5. The lowest BCUT2D eigenvalue weighted by Crippen LogP contribution is -2.14. The number of nitro benzene ring substituents is 1. The summed E-state index contributed by atoms with van der Waals surface area (Å²) in [5.41, 5.74) is 0.869. The SMILES string of the molecule is COc1cc(-c2cn(C(=O)Oc3ccc([N+](=O)[O-])cc3)cn2)ccc1F. The van der Waals surface area contributed by atoms with Crippen molar-refractivity contribution in [3.63, 3.8) is 0 Å². The molecule has 1 aromatic heterocycles. The van der Waals surface area contributed by atoms with Crippen molar-refractivity contribution in [1.29, 1.82) is 0 Å². The van der Waals surface area contributed by atoms with Crippen LogP contribution >= 0.6 is 0 Å². The highest BCUT2D eigenvalue weighted by molar-refractivity contribution is 5.75. The molecular weight excluding hydrogens is 345 g/mol. The van der Waals surface area contributed by atoms with E-state index in [0.29, 0.717) is 11.3 Å². The van der Waals surface area contributed by atoms with E-state index in [2.05, 4.69) is 4.98 Å². The predicted octanol–water partition coefficient (Wildman–Crippen LogP) is 3.65. The van der Waals surface area contributed by atoms with Crippen LogP contribution in [0, 0.1) is 15.9 Å². The number of methoxy groups -OCH3 is 1. The van der Waals surface area contributed by atoms with E-state index in [-0.39, 0.29) is 17.2 Å². The van der Waals surface area contributed by atoms with Gasteiger partial charge in [0, 0.05) is 23.9 Å². The molecule has 0 aliphatic heterocycles. The summed E-state index contributed by atoms with van der Waals surface area (Å²) in [7, 11) is 1.35. The second-order valence-corrected chi connectivity index (χ2v) is 5.13. The third-order valence-corrected chi connectivity index (χ3v) is 3.49. The number of ether oxygens (including phenoxy) is 2. The monoisotopic (exact) mass is 357 g/mol. The summed E-state index contributed by atoms with van der Waals surface area (Å²) in [4.78, 5) is 26.3. The Morgan fingerprint density at radius 3 is 2.62 bits per heavy atom. The normalized spacial score (nSPS) is 10.4. The second kappa shape index (κ2) is 7.01. The number of benzene rings is 2. The van der Waals surface area contributed by atoms with E-state index in [1.54, 1.807) is 0 Å². The average molecular weight is 357 g/mol. The Labute approximate surface area is 146 Å². The van der Waals surface area contributed by atoms with Crippen LogP contribution in [0.5, 0.6) is 11.5 Å². The largest absolute Gasteiger partial charge is 0.494 e. The van der Waals surface area contributed by atoms with Crippen LogP contribution in [0.15, 0.2) is 55.0 Å². The molecule has 0 atom stereocenters. The highest BCUT2D eigenvalue weighted by Gasteiger charge is 2.13. The molecule has 0 aliphatic rings. The van der Waals surface area contributed by atoms with Gasteiger partial charge < -0.3 is 9.47 Å². The molecule has 0 amide bonds. The van der Waals surface area contributed by atoms with Gasteiger partial charge >= 0.3 is 6.09 Å². The Morgan fingerprint density at radius 2 is 1.96 bits per heavy atom. The summed E-state index contributed by atoms with van der Waals surface area (Å²) in [6.07, 6.45) is 1.92. The summed E-state index contributed by atoms with van der Waals surface area (Å²) >= 11 is 0. The van der Waals surface area contributed by atoms with E-state index in [1.165, 1.54) is 62.1 Å². The van der Waals surface area contributed by atoms with Gasteiger partial charge in [-0.1, -0.05) is 0 Å². The van der Waals surface area contributed by atoms with Gasteiger partial charge in [0.15, 0.2) is 11.6 Å². The van der Waals surface area contributed by atoms with Gasteiger partial charge in [-0.05, 0) is 30.3 Å². The fraction of sp³-hybridized carbons (Fsp3) is 0.0588. The Balaban J connectivity index is 1.76. The molecule has 132 valence electrons. The van der Waals surface area contributed by atoms with E-state index in [0.717, 1.165) is 4.57 Å². The summed E-state index contributed by atoms with van der Waals surface area (Å²) in [5.74, 6) is -0.293. The zero-order valence-electron chi connectivity index (χ0n) is 13.5. The van der Waals surface area contributed by atoms with Crippen molar-refractivity contribution in [2.75, 3.05) is 7.11 Å². The van der Waals surface area contributed by atoms with Crippen molar-refractivity contribution < 1.29 is 23.6 Å². The minimum absolute atomic E-state index is 0.0607. The summed E-state index contributed by atoms with van der Waals surface area (Å²) in [5, 5.41) is 10.6. The smallest absolute Gasteiger partial charge is 0.424 e. The maximum absolute atomic E-state index is 13.5. The molecule has 0 N–H and O–H groups in total. The number of imidazole rings is 1. The van der Waals surface area contributed by atoms with Crippen molar-refractivity contribution in [2.24, 2.45) is 0 Å². The zero-order valence-corrected chi connectivity index (χ0v) is 13.5. The van der Waals surface area contributed by atoms with Gasteiger partial charge in [-0.15, -0.1) is 0 Å².